The molecule has 2 nitrogen and oxygen atoms in total. The van der Waals surface area contributed by atoms with Crippen molar-refractivity contribution < 1.29 is 0 Å². The predicted octanol–water partition coefficient (Wildman–Crippen LogP) is 5.87. The van der Waals surface area contributed by atoms with Gasteiger partial charge in [-0.1, -0.05) is 59.6 Å². The van der Waals surface area contributed by atoms with E-state index in [0.29, 0.717) is 15.2 Å². The Bertz CT molecular complexity index is 782. The summed E-state index contributed by atoms with van der Waals surface area (Å²) in [6.07, 6.45) is 1.73. The topological polar surface area (TPSA) is 25.2 Å². The number of aromatic nitrogens is 1. The SMILES string of the molecule is Clc1ccc(C=Nc2nc(-c3ccccc3)cs2)cc1Cl. The fourth-order valence-corrected chi connectivity index (χ4v) is 2.76. The molecule has 0 aliphatic rings. The van der Waals surface area contributed by atoms with Crippen molar-refractivity contribution in [1.29, 1.82) is 0 Å². The smallest absolute Gasteiger partial charge is 0.209 e. The summed E-state index contributed by atoms with van der Waals surface area (Å²) in [6, 6.07) is 15.4. The number of hydrogen-bond donors (Lipinski definition) is 0. The van der Waals surface area contributed by atoms with Gasteiger partial charge in [0.2, 0.25) is 5.13 Å². The zero-order chi connectivity index (χ0) is 14.7. The van der Waals surface area contributed by atoms with Crippen molar-refractivity contribution in [2.45, 2.75) is 0 Å². The molecule has 0 aliphatic heterocycles. The van der Waals surface area contributed by atoms with Gasteiger partial charge >= 0.3 is 0 Å². The van der Waals surface area contributed by atoms with Crippen molar-refractivity contribution in [3.63, 3.8) is 0 Å². The normalized spacial score (nSPS) is 11.1. The molecule has 1 heterocycles. The lowest BCUT2D eigenvalue weighted by molar-refractivity contribution is 1.36. The van der Waals surface area contributed by atoms with Gasteiger partial charge in [-0.3, -0.25) is 0 Å². The van der Waals surface area contributed by atoms with Crippen molar-refractivity contribution in [2.75, 3.05) is 0 Å². The average molecular weight is 333 g/mol. The third kappa shape index (κ3) is 3.50. The van der Waals surface area contributed by atoms with Crippen molar-refractivity contribution >= 4 is 45.9 Å². The van der Waals surface area contributed by atoms with E-state index >= 15 is 0 Å². The minimum Gasteiger partial charge on any atom is -0.227 e. The highest BCUT2D eigenvalue weighted by Gasteiger charge is 2.03. The van der Waals surface area contributed by atoms with Crippen molar-refractivity contribution in [3.8, 4) is 11.3 Å². The molecule has 0 fully saturated rings. The molecule has 2 aromatic carbocycles. The van der Waals surface area contributed by atoms with Gasteiger partial charge in [0.15, 0.2) is 0 Å². The van der Waals surface area contributed by atoms with E-state index in [9.17, 15) is 0 Å². The number of hydrogen-bond acceptors (Lipinski definition) is 3. The van der Waals surface area contributed by atoms with Crippen LogP contribution in [0.4, 0.5) is 5.13 Å². The summed E-state index contributed by atoms with van der Waals surface area (Å²) in [7, 11) is 0. The fourth-order valence-electron chi connectivity index (χ4n) is 1.79. The van der Waals surface area contributed by atoms with Crippen LogP contribution in [0.5, 0.6) is 0 Å². The molecule has 0 unspecified atom stereocenters. The first kappa shape index (κ1) is 14.3. The van der Waals surface area contributed by atoms with E-state index in [2.05, 4.69) is 9.98 Å². The first-order valence-corrected chi connectivity index (χ1v) is 7.86. The fraction of sp³-hybridized carbons (Fsp3) is 0. The minimum atomic E-state index is 0.518. The van der Waals surface area contributed by atoms with Crippen LogP contribution in [0.3, 0.4) is 0 Å². The number of rotatable bonds is 3. The molecule has 3 aromatic rings. The molecule has 0 aliphatic carbocycles. The molecule has 0 N–H and O–H groups in total. The maximum Gasteiger partial charge on any atom is 0.209 e. The summed E-state index contributed by atoms with van der Waals surface area (Å²) < 4.78 is 0. The Hall–Kier alpha value is -1.68. The van der Waals surface area contributed by atoms with Gasteiger partial charge < -0.3 is 0 Å². The second-order valence-corrected chi connectivity index (χ2v) is 5.96. The summed E-state index contributed by atoms with van der Waals surface area (Å²) in [5.41, 5.74) is 2.91. The van der Waals surface area contributed by atoms with Gasteiger partial charge in [-0.15, -0.1) is 11.3 Å². The van der Waals surface area contributed by atoms with Crippen LogP contribution in [0.25, 0.3) is 11.3 Å². The number of aliphatic imine (C=N–C) groups is 1. The molecule has 3 rings (SSSR count). The molecule has 104 valence electrons. The van der Waals surface area contributed by atoms with Gasteiger partial charge in [0.1, 0.15) is 0 Å². The largest absolute Gasteiger partial charge is 0.227 e. The lowest BCUT2D eigenvalue weighted by atomic mass is 10.2. The lowest BCUT2D eigenvalue weighted by Crippen LogP contribution is -1.81. The maximum absolute atomic E-state index is 5.97. The molecule has 0 amide bonds. The quantitative estimate of drug-likeness (QED) is 0.551. The van der Waals surface area contributed by atoms with Crippen LogP contribution in [0, 0.1) is 0 Å². The summed E-state index contributed by atoms with van der Waals surface area (Å²) in [6.45, 7) is 0. The van der Waals surface area contributed by atoms with Crippen LogP contribution < -0.4 is 0 Å². The van der Waals surface area contributed by atoms with Crippen LogP contribution in [0.1, 0.15) is 5.56 Å². The number of halogens is 2. The van der Waals surface area contributed by atoms with Crippen LogP contribution in [-0.4, -0.2) is 11.2 Å². The minimum absolute atomic E-state index is 0.518. The molecule has 0 atom stereocenters. The highest BCUT2D eigenvalue weighted by Crippen LogP contribution is 2.27. The molecule has 1 aromatic heterocycles. The number of thiazole rings is 1. The Morgan fingerprint density at radius 2 is 1.81 bits per heavy atom. The van der Waals surface area contributed by atoms with E-state index in [0.717, 1.165) is 16.8 Å². The monoisotopic (exact) mass is 332 g/mol. The summed E-state index contributed by atoms with van der Waals surface area (Å²) in [4.78, 5) is 8.87. The predicted molar refractivity (Wildman–Crippen MR) is 91.3 cm³/mol. The van der Waals surface area contributed by atoms with E-state index in [1.54, 1.807) is 18.3 Å². The molecule has 0 spiro atoms. The Morgan fingerprint density at radius 3 is 2.57 bits per heavy atom. The molecular weight excluding hydrogens is 323 g/mol. The average Bonchev–Trinajstić information content (AvgIpc) is 2.98. The van der Waals surface area contributed by atoms with E-state index in [4.69, 9.17) is 23.2 Å². The zero-order valence-electron chi connectivity index (χ0n) is 10.8. The van der Waals surface area contributed by atoms with Gasteiger partial charge in [0.25, 0.3) is 0 Å². The molecule has 5 heteroatoms. The van der Waals surface area contributed by atoms with Crippen molar-refractivity contribution in [3.05, 3.63) is 69.5 Å². The van der Waals surface area contributed by atoms with E-state index in [-0.39, 0.29) is 0 Å². The van der Waals surface area contributed by atoms with Gasteiger partial charge in [-0.05, 0) is 17.7 Å². The van der Waals surface area contributed by atoms with Crippen LogP contribution in [0.2, 0.25) is 10.0 Å². The van der Waals surface area contributed by atoms with E-state index in [1.165, 1.54) is 11.3 Å². The van der Waals surface area contributed by atoms with Gasteiger partial charge in [-0.25, -0.2) is 9.98 Å². The highest BCUT2D eigenvalue weighted by molar-refractivity contribution is 7.13. The molecule has 0 saturated carbocycles. The van der Waals surface area contributed by atoms with Crippen molar-refractivity contribution in [2.24, 2.45) is 4.99 Å². The molecule has 21 heavy (non-hydrogen) atoms. The van der Waals surface area contributed by atoms with Crippen LogP contribution in [-0.2, 0) is 0 Å². The molecule has 0 saturated heterocycles. The first-order valence-electron chi connectivity index (χ1n) is 6.22. The summed E-state index contributed by atoms with van der Waals surface area (Å²) in [5.74, 6) is 0. The molecule has 0 bridgehead atoms. The number of benzene rings is 2. The Kier molecular flexibility index (Phi) is 4.34. The maximum atomic E-state index is 5.97. The lowest BCUT2D eigenvalue weighted by Gasteiger charge is -1.96. The Labute approximate surface area is 136 Å². The Balaban J connectivity index is 1.81. The van der Waals surface area contributed by atoms with Gasteiger partial charge in [0.05, 0.1) is 15.7 Å². The molecule has 0 radical (unpaired) electrons. The second-order valence-electron chi connectivity index (χ2n) is 4.31. The molecular formula is C16H10Cl2N2S. The van der Waals surface area contributed by atoms with Crippen LogP contribution in [0.15, 0.2) is 58.9 Å². The third-order valence-electron chi connectivity index (χ3n) is 2.83. The third-order valence-corrected chi connectivity index (χ3v) is 4.32. The van der Waals surface area contributed by atoms with Crippen LogP contribution >= 0.6 is 34.5 Å². The first-order chi connectivity index (χ1) is 10.2. The summed E-state index contributed by atoms with van der Waals surface area (Å²) in [5, 5.41) is 3.76. The van der Waals surface area contributed by atoms with E-state index in [1.807, 2.05) is 41.8 Å². The highest BCUT2D eigenvalue weighted by atomic mass is 35.5. The second kappa shape index (κ2) is 6.39. The van der Waals surface area contributed by atoms with E-state index < -0.39 is 0 Å². The van der Waals surface area contributed by atoms with Gasteiger partial charge in [-0.2, -0.15) is 0 Å². The zero-order valence-corrected chi connectivity index (χ0v) is 13.2. The number of nitrogens with zero attached hydrogens (tertiary/aromatic N) is 2. The Morgan fingerprint density at radius 1 is 1.00 bits per heavy atom. The standard InChI is InChI=1S/C16H10Cl2N2S/c17-13-7-6-11(8-14(13)18)9-19-16-20-15(10-21-16)12-4-2-1-3-5-12/h1-10H. The summed E-state index contributed by atoms with van der Waals surface area (Å²) >= 11 is 13.4. The van der Waals surface area contributed by atoms with Gasteiger partial charge in [0, 0.05) is 17.2 Å². The van der Waals surface area contributed by atoms with Crippen molar-refractivity contribution in [1.82, 2.24) is 4.98 Å².